The molecule has 2 aromatic rings. The highest BCUT2D eigenvalue weighted by Crippen LogP contribution is 2.21. The molecule has 23 heavy (non-hydrogen) atoms. The van der Waals surface area contributed by atoms with Crippen molar-refractivity contribution in [1.82, 2.24) is 0 Å². The molecule has 2 rings (SSSR count). The highest BCUT2D eigenvalue weighted by Gasteiger charge is 2.11. The summed E-state index contributed by atoms with van der Waals surface area (Å²) < 4.78 is 0. The van der Waals surface area contributed by atoms with Crippen molar-refractivity contribution in [1.29, 1.82) is 10.5 Å². The zero-order valence-electron chi connectivity index (χ0n) is 11.9. The van der Waals surface area contributed by atoms with E-state index in [0.717, 1.165) is 0 Å². The molecule has 0 fully saturated rings. The first-order valence-electron chi connectivity index (χ1n) is 6.57. The molecule has 0 aliphatic heterocycles. The number of amides is 1. The molecule has 2 aromatic carbocycles. The summed E-state index contributed by atoms with van der Waals surface area (Å²) in [5.74, 6) is -0.595. The van der Waals surface area contributed by atoms with E-state index in [4.69, 9.17) is 22.1 Å². The van der Waals surface area contributed by atoms with Crippen molar-refractivity contribution in [3.63, 3.8) is 0 Å². The fourth-order valence-corrected chi connectivity index (χ4v) is 1.94. The van der Waals surface area contributed by atoms with Crippen LogP contribution in [-0.4, -0.2) is 5.91 Å². The first-order valence-corrected chi connectivity index (χ1v) is 6.95. The van der Waals surface area contributed by atoms with Gasteiger partial charge in [0.15, 0.2) is 0 Å². The number of carbonyl (C=O) groups is 1. The lowest BCUT2D eigenvalue weighted by molar-refractivity contribution is -0.112. The lowest BCUT2D eigenvalue weighted by Crippen LogP contribution is -2.14. The Hall–Kier alpha value is -3.28. The molecule has 5 nitrogen and oxygen atoms in total. The first-order chi connectivity index (χ1) is 11.2. The summed E-state index contributed by atoms with van der Waals surface area (Å²) in [6.07, 6.45) is 1.25. The summed E-state index contributed by atoms with van der Waals surface area (Å²) in [5.41, 5.74) is 1.19. The molecule has 0 heterocycles. The van der Waals surface area contributed by atoms with E-state index in [2.05, 4.69) is 10.6 Å². The van der Waals surface area contributed by atoms with Crippen LogP contribution in [0.5, 0.6) is 0 Å². The molecule has 0 bridgehead atoms. The smallest absolute Gasteiger partial charge is 0.267 e. The fourth-order valence-electron chi connectivity index (χ4n) is 1.76. The van der Waals surface area contributed by atoms with E-state index in [1.54, 1.807) is 48.5 Å². The van der Waals surface area contributed by atoms with Gasteiger partial charge in [-0.2, -0.15) is 10.5 Å². The highest BCUT2D eigenvalue weighted by atomic mass is 35.5. The van der Waals surface area contributed by atoms with Gasteiger partial charge >= 0.3 is 0 Å². The monoisotopic (exact) mass is 322 g/mol. The van der Waals surface area contributed by atoms with E-state index >= 15 is 0 Å². The van der Waals surface area contributed by atoms with E-state index < -0.39 is 5.91 Å². The molecule has 2 N–H and O–H groups in total. The van der Waals surface area contributed by atoms with Crippen LogP contribution in [0.25, 0.3) is 0 Å². The van der Waals surface area contributed by atoms with E-state index in [0.29, 0.717) is 22.0 Å². The maximum Gasteiger partial charge on any atom is 0.267 e. The van der Waals surface area contributed by atoms with Crippen LogP contribution in [0.3, 0.4) is 0 Å². The summed E-state index contributed by atoms with van der Waals surface area (Å²) in [4.78, 5) is 12.1. The summed E-state index contributed by atoms with van der Waals surface area (Å²) in [6, 6.07) is 17.3. The molecule has 6 heteroatoms. The van der Waals surface area contributed by atoms with Crippen molar-refractivity contribution in [2.24, 2.45) is 0 Å². The van der Waals surface area contributed by atoms with Gasteiger partial charge in [0.1, 0.15) is 17.7 Å². The van der Waals surface area contributed by atoms with Crippen molar-refractivity contribution < 1.29 is 4.79 Å². The van der Waals surface area contributed by atoms with Gasteiger partial charge in [-0.1, -0.05) is 35.9 Å². The van der Waals surface area contributed by atoms with Gasteiger partial charge in [0, 0.05) is 6.20 Å². The fraction of sp³-hybridized carbons (Fsp3) is 0. The number of nitriles is 2. The Kier molecular flexibility index (Phi) is 5.35. The van der Waals surface area contributed by atoms with Crippen LogP contribution in [-0.2, 0) is 4.79 Å². The number of hydrogen-bond acceptors (Lipinski definition) is 4. The number of rotatable bonds is 4. The number of anilines is 2. The first kappa shape index (κ1) is 16.1. The van der Waals surface area contributed by atoms with Crippen LogP contribution < -0.4 is 10.6 Å². The zero-order chi connectivity index (χ0) is 16.7. The number of para-hydroxylation sites is 2. The molecule has 0 aromatic heterocycles. The van der Waals surface area contributed by atoms with E-state index in [1.165, 1.54) is 6.20 Å². The van der Waals surface area contributed by atoms with Crippen LogP contribution in [0, 0.1) is 22.7 Å². The maximum atomic E-state index is 12.1. The quantitative estimate of drug-likeness (QED) is 0.664. The van der Waals surface area contributed by atoms with Crippen molar-refractivity contribution in [2.75, 3.05) is 10.6 Å². The summed E-state index contributed by atoms with van der Waals surface area (Å²) in [6.45, 7) is 0. The number of nitrogens with zero attached hydrogens (tertiary/aromatic N) is 2. The molecular formula is C17H11ClN4O. The standard InChI is InChI=1S/C17H11ClN4O/c18-14-6-2-4-8-16(14)22-17(23)13(10-20)11-21-15-7-3-1-5-12(15)9-19/h1-8,11,21H,(H,22,23)/b13-11-. The molecule has 0 saturated heterocycles. The third-order valence-electron chi connectivity index (χ3n) is 2.91. The van der Waals surface area contributed by atoms with Crippen molar-refractivity contribution >= 4 is 28.9 Å². The van der Waals surface area contributed by atoms with Gasteiger partial charge in [0.2, 0.25) is 0 Å². The Bertz CT molecular complexity index is 846. The molecule has 0 aliphatic carbocycles. The average Bonchev–Trinajstić information content (AvgIpc) is 2.58. The number of benzene rings is 2. The Morgan fingerprint density at radius 3 is 2.35 bits per heavy atom. The van der Waals surface area contributed by atoms with Gasteiger partial charge in [-0.25, -0.2) is 0 Å². The minimum Gasteiger partial charge on any atom is -0.359 e. The molecular weight excluding hydrogens is 312 g/mol. The molecule has 0 radical (unpaired) electrons. The van der Waals surface area contributed by atoms with Crippen LogP contribution in [0.15, 0.2) is 60.3 Å². The number of nitrogens with one attached hydrogen (secondary N) is 2. The molecule has 0 atom stereocenters. The van der Waals surface area contributed by atoms with E-state index in [1.807, 2.05) is 12.1 Å². The van der Waals surface area contributed by atoms with Gasteiger partial charge in [-0.3, -0.25) is 4.79 Å². The lowest BCUT2D eigenvalue weighted by atomic mass is 10.2. The zero-order valence-corrected chi connectivity index (χ0v) is 12.6. The number of halogens is 1. The predicted octanol–water partition coefficient (Wildman–Crippen LogP) is 3.67. The Morgan fingerprint density at radius 1 is 1.04 bits per heavy atom. The second kappa shape index (κ2) is 7.65. The summed E-state index contributed by atoms with van der Waals surface area (Å²) in [7, 11) is 0. The maximum absolute atomic E-state index is 12.1. The molecule has 0 aliphatic rings. The predicted molar refractivity (Wildman–Crippen MR) is 88.6 cm³/mol. The van der Waals surface area contributed by atoms with Gasteiger partial charge in [-0.15, -0.1) is 0 Å². The summed E-state index contributed by atoms with van der Waals surface area (Å²) in [5, 5.41) is 23.9. The van der Waals surface area contributed by atoms with E-state index in [9.17, 15) is 4.79 Å². The third kappa shape index (κ3) is 4.10. The van der Waals surface area contributed by atoms with Crippen LogP contribution in [0.4, 0.5) is 11.4 Å². The average molecular weight is 323 g/mol. The van der Waals surface area contributed by atoms with Crippen LogP contribution in [0.2, 0.25) is 5.02 Å². The molecule has 1 amide bonds. The van der Waals surface area contributed by atoms with Gasteiger partial charge < -0.3 is 10.6 Å². The third-order valence-corrected chi connectivity index (χ3v) is 3.24. The lowest BCUT2D eigenvalue weighted by Gasteiger charge is -2.07. The van der Waals surface area contributed by atoms with Crippen LogP contribution >= 0.6 is 11.6 Å². The Morgan fingerprint density at radius 2 is 1.70 bits per heavy atom. The number of hydrogen-bond donors (Lipinski definition) is 2. The van der Waals surface area contributed by atoms with Gasteiger partial charge in [-0.05, 0) is 24.3 Å². The summed E-state index contributed by atoms with van der Waals surface area (Å²) >= 11 is 5.96. The highest BCUT2D eigenvalue weighted by molar-refractivity contribution is 6.33. The largest absolute Gasteiger partial charge is 0.359 e. The topological polar surface area (TPSA) is 88.7 Å². The molecule has 0 saturated carbocycles. The van der Waals surface area contributed by atoms with Gasteiger partial charge in [0.25, 0.3) is 5.91 Å². The Labute approximate surface area is 138 Å². The normalized spacial score (nSPS) is 10.3. The van der Waals surface area contributed by atoms with Crippen molar-refractivity contribution in [3.8, 4) is 12.1 Å². The minimum atomic E-state index is -0.595. The molecule has 0 spiro atoms. The Balaban J connectivity index is 2.16. The molecule has 0 unspecified atom stereocenters. The minimum absolute atomic E-state index is 0.141. The SMILES string of the molecule is N#C/C(=C/Nc1ccccc1C#N)C(=O)Nc1ccccc1Cl. The van der Waals surface area contributed by atoms with Gasteiger partial charge in [0.05, 0.1) is 22.0 Å². The second-order valence-corrected chi connectivity index (χ2v) is 4.81. The second-order valence-electron chi connectivity index (χ2n) is 4.41. The number of carbonyl (C=O) groups excluding carboxylic acids is 1. The van der Waals surface area contributed by atoms with Crippen molar-refractivity contribution in [2.45, 2.75) is 0 Å². The molecule has 112 valence electrons. The van der Waals surface area contributed by atoms with Crippen LogP contribution in [0.1, 0.15) is 5.56 Å². The van der Waals surface area contributed by atoms with E-state index in [-0.39, 0.29) is 5.57 Å². The van der Waals surface area contributed by atoms with Crippen molar-refractivity contribution in [3.05, 3.63) is 70.9 Å².